The second-order valence-electron chi connectivity index (χ2n) is 4.11. The lowest BCUT2D eigenvalue weighted by atomic mass is 10.2. The molecule has 4 nitrogen and oxygen atoms in total. The third kappa shape index (κ3) is 1.52. The van der Waals surface area contributed by atoms with Crippen LogP contribution in [0.4, 0.5) is 0 Å². The summed E-state index contributed by atoms with van der Waals surface area (Å²) >= 11 is 5.24. The zero-order chi connectivity index (χ0) is 10.3. The molecule has 3 rings (SSSR count). The molecule has 0 bridgehead atoms. The molecule has 0 aromatic rings. The summed E-state index contributed by atoms with van der Waals surface area (Å²) in [6, 6.07) is 0.618. The van der Waals surface area contributed by atoms with Crippen LogP contribution in [0.15, 0.2) is 24.3 Å². The predicted octanol–water partition coefficient (Wildman–Crippen LogP) is 1.21. The highest BCUT2D eigenvalue weighted by molar-refractivity contribution is 7.80. The molecular weight excluding hydrogens is 208 g/mol. The average molecular weight is 222 g/mol. The summed E-state index contributed by atoms with van der Waals surface area (Å²) in [6.45, 7) is 0. The van der Waals surface area contributed by atoms with E-state index in [2.05, 4.69) is 22.1 Å². The normalized spacial score (nSPS) is 25.6. The van der Waals surface area contributed by atoms with Crippen molar-refractivity contribution in [1.29, 1.82) is 0 Å². The number of fused-ring (bicyclic) bond motifs is 1. The summed E-state index contributed by atoms with van der Waals surface area (Å²) in [6.07, 6.45) is 11.1. The van der Waals surface area contributed by atoms with Crippen LogP contribution in [0.25, 0.3) is 0 Å². The van der Waals surface area contributed by atoms with Crippen molar-refractivity contribution in [3.8, 4) is 0 Å². The molecular formula is C10H14N4S. The zero-order valence-corrected chi connectivity index (χ0v) is 9.26. The molecule has 2 heterocycles. The van der Waals surface area contributed by atoms with Crippen LogP contribution >= 0.6 is 12.2 Å². The van der Waals surface area contributed by atoms with Gasteiger partial charge in [0.1, 0.15) is 10.8 Å². The first-order valence-corrected chi connectivity index (χ1v) is 5.79. The highest BCUT2D eigenvalue weighted by Crippen LogP contribution is 2.26. The van der Waals surface area contributed by atoms with E-state index < -0.39 is 0 Å². The van der Waals surface area contributed by atoms with Crippen molar-refractivity contribution in [2.45, 2.75) is 31.7 Å². The van der Waals surface area contributed by atoms with Crippen LogP contribution in [-0.4, -0.2) is 21.0 Å². The van der Waals surface area contributed by atoms with Gasteiger partial charge in [0.05, 0.1) is 6.20 Å². The SMILES string of the molecule is S=C1C=CNC2=CN(C3CCCC3)NN12. The van der Waals surface area contributed by atoms with Crippen molar-refractivity contribution in [2.24, 2.45) is 0 Å². The van der Waals surface area contributed by atoms with Crippen LogP contribution in [0.2, 0.25) is 0 Å². The van der Waals surface area contributed by atoms with Gasteiger partial charge >= 0.3 is 0 Å². The summed E-state index contributed by atoms with van der Waals surface area (Å²) in [5.74, 6) is 1.02. The molecule has 0 radical (unpaired) electrons. The van der Waals surface area contributed by atoms with E-state index in [1.54, 1.807) is 0 Å². The van der Waals surface area contributed by atoms with Gasteiger partial charge in [0.15, 0.2) is 0 Å². The maximum Gasteiger partial charge on any atom is 0.145 e. The highest BCUT2D eigenvalue weighted by atomic mass is 32.1. The molecule has 0 aromatic carbocycles. The van der Waals surface area contributed by atoms with E-state index in [4.69, 9.17) is 12.2 Å². The topological polar surface area (TPSA) is 30.5 Å². The van der Waals surface area contributed by atoms with Crippen molar-refractivity contribution in [3.63, 3.8) is 0 Å². The van der Waals surface area contributed by atoms with Gasteiger partial charge in [-0.25, -0.2) is 5.01 Å². The van der Waals surface area contributed by atoms with Gasteiger partial charge in [0.2, 0.25) is 0 Å². The van der Waals surface area contributed by atoms with Gasteiger partial charge in [-0.05, 0) is 18.9 Å². The Bertz CT molecular complexity index is 343. The maximum atomic E-state index is 5.24. The van der Waals surface area contributed by atoms with Gasteiger partial charge in [-0.15, -0.1) is 5.53 Å². The summed E-state index contributed by atoms with van der Waals surface area (Å²) in [5, 5.41) is 7.27. The standard InChI is InChI=1S/C10H14N4S/c15-10-5-6-11-9-7-13(12-14(9)10)8-3-1-2-4-8/h5-8,11-12H,1-4H2. The first-order valence-electron chi connectivity index (χ1n) is 5.38. The van der Waals surface area contributed by atoms with Crippen molar-refractivity contribution in [3.05, 3.63) is 24.3 Å². The number of rotatable bonds is 1. The molecule has 2 N–H and O–H groups in total. The summed E-state index contributed by atoms with van der Waals surface area (Å²) in [4.78, 5) is 0.806. The van der Waals surface area contributed by atoms with Gasteiger partial charge < -0.3 is 5.32 Å². The lowest BCUT2D eigenvalue weighted by Gasteiger charge is -2.28. The molecule has 1 fully saturated rings. The second kappa shape index (κ2) is 3.50. The fourth-order valence-electron chi connectivity index (χ4n) is 2.30. The molecule has 1 aliphatic carbocycles. The van der Waals surface area contributed by atoms with Crippen molar-refractivity contribution in [2.75, 3.05) is 0 Å². The number of nitrogens with zero attached hydrogens (tertiary/aromatic N) is 2. The number of hydrogen-bond donors (Lipinski definition) is 2. The second-order valence-corrected chi connectivity index (χ2v) is 4.53. The number of nitrogens with one attached hydrogen (secondary N) is 2. The quantitative estimate of drug-likeness (QED) is 0.651. The minimum Gasteiger partial charge on any atom is -0.346 e. The fraction of sp³-hybridized carbons (Fsp3) is 0.500. The van der Waals surface area contributed by atoms with Crippen molar-refractivity contribution in [1.82, 2.24) is 20.9 Å². The van der Waals surface area contributed by atoms with E-state index in [-0.39, 0.29) is 0 Å². The van der Waals surface area contributed by atoms with E-state index >= 15 is 0 Å². The highest BCUT2D eigenvalue weighted by Gasteiger charge is 2.30. The molecule has 2 aliphatic heterocycles. The van der Waals surface area contributed by atoms with E-state index in [1.165, 1.54) is 25.7 Å². The molecule has 0 aromatic heterocycles. The predicted molar refractivity (Wildman–Crippen MR) is 62.0 cm³/mol. The van der Waals surface area contributed by atoms with Crippen LogP contribution < -0.4 is 10.9 Å². The van der Waals surface area contributed by atoms with E-state index in [9.17, 15) is 0 Å². The molecule has 80 valence electrons. The zero-order valence-electron chi connectivity index (χ0n) is 8.44. The van der Waals surface area contributed by atoms with E-state index in [0.29, 0.717) is 6.04 Å². The largest absolute Gasteiger partial charge is 0.346 e. The monoisotopic (exact) mass is 222 g/mol. The van der Waals surface area contributed by atoms with Gasteiger partial charge in [-0.2, -0.15) is 0 Å². The molecule has 0 saturated heterocycles. The lowest BCUT2D eigenvalue weighted by Crippen LogP contribution is -2.48. The Hall–Kier alpha value is -1.07. The Labute approximate surface area is 94.5 Å². The number of hydrogen-bond acceptors (Lipinski definition) is 4. The number of hydrazine groups is 2. The van der Waals surface area contributed by atoms with Crippen molar-refractivity contribution < 1.29 is 0 Å². The lowest BCUT2D eigenvalue weighted by molar-refractivity contribution is 0.139. The molecule has 0 unspecified atom stereocenters. The fourth-order valence-corrected chi connectivity index (χ4v) is 2.51. The van der Waals surface area contributed by atoms with Gasteiger partial charge in [0, 0.05) is 12.2 Å². The first kappa shape index (κ1) is 9.18. The Balaban J connectivity index is 1.77. The van der Waals surface area contributed by atoms with Crippen molar-refractivity contribution >= 4 is 17.2 Å². The molecule has 0 spiro atoms. The van der Waals surface area contributed by atoms with Crippen LogP contribution in [0.3, 0.4) is 0 Å². The Morgan fingerprint density at radius 2 is 2.13 bits per heavy atom. The van der Waals surface area contributed by atoms with E-state index in [0.717, 1.165) is 10.8 Å². The molecule has 1 saturated carbocycles. The van der Waals surface area contributed by atoms with Gasteiger partial charge in [-0.1, -0.05) is 25.1 Å². The molecule has 5 heteroatoms. The van der Waals surface area contributed by atoms with Crippen LogP contribution in [0.5, 0.6) is 0 Å². The van der Waals surface area contributed by atoms with Crippen LogP contribution in [0.1, 0.15) is 25.7 Å². The third-order valence-electron chi connectivity index (χ3n) is 3.11. The van der Waals surface area contributed by atoms with Gasteiger partial charge in [0.25, 0.3) is 0 Å². The Morgan fingerprint density at radius 3 is 2.87 bits per heavy atom. The third-order valence-corrected chi connectivity index (χ3v) is 3.43. The summed E-state index contributed by atoms with van der Waals surface area (Å²) in [5.41, 5.74) is 3.30. The van der Waals surface area contributed by atoms with Crippen LogP contribution in [0, 0.1) is 0 Å². The summed E-state index contributed by atoms with van der Waals surface area (Å²) in [7, 11) is 0. The van der Waals surface area contributed by atoms with Crippen LogP contribution in [-0.2, 0) is 0 Å². The van der Waals surface area contributed by atoms with E-state index in [1.807, 2.05) is 17.3 Å². The molecule has 3 aliphatic rings. The average Bonchev–Trinajstić information content (AvgIpc) is 2.86. The Kier molecular flexibility index (Phi) is 2.14. The molecule has 15 heavy (non-hydrogen) atoms. The molecule has 0 atom stereocenters. The minimum absolute atomic E-state index is 0.618. The molecule has 0 amide bonds. The smallest absolute Gasteiger partial charge is 0.145 e. The Morgan fingerprint density at radius 1 is 1.33 bits per heavy atom. The summed E-state index contributed by atoms with van der Waals surface area (Å²) < 4.78 is 0. The van der Waals surface area contributed by atoms with Gasteiger partial charge in [-0.3, -0.25) is 5.01 Å². The first-order chi connectivity index (χ1) is 7.34. The number of thiocarbonyl (C=S) groups is 1. The maximum absolute atomic E-state index is 5.24. The minimum atomic E-state index is 0.618.